The van der Waals surface area contributed by atoms with Gasteiger partial charge in [0.25, 0.3) is 0 Å². The van der Waals surface area contributed by atoms with Crippen LogP contribution in [0.15, 0.2) is 30.0 Å². The minimum Gasteiger partial charge on any atom is -0.311 e. The molecule has 2 fully saturated rings. The van der Waals surface area contributed by atoms with Crippen LogP contribution in [-0.4, -0.2) is 17.1 Å². The normalized spacial score (nSPS) is 29.2. The van der Waals surface area contributed by atoms with Gasteiger partial charge in [-0.25, -0.2) is 0 Å². The molecule has 0 aliphatic carbocycles. The van der Waals surface area contributed by atoms with E-state index in [1.165, 1.54) is 25.7 Å². The summed E-state index contributed by atoms with van der Waals surface area (Å²) in [5.41, 5.74) is 2.67. The van der Waals surface area contributed by atoms with Crippen molar-refractivity contribution in [1.82, 2.24) is 10.3 Å². The molecule has 2 aliphatic rings. The molecule has 15 heavy (non-hydrogen) atoms. The summed E-state index contributed by atoms with van der Waals surface area (Å²) in [5.74, 6) is 0. The molecule has 2 bridgehead atoms. The Hall–Kier alpha value is -1.15. The van der Waals surface area contributed by atoms with Crippen molar-refractivity contribution in [1.29, 1.82) is 0 Å². The topological polar surface area (TPSA) is 24.9 Å². The van der Waals surface area contributed by atoms with E-state index in [9.17, 15) is 0 Å². The number of hydrogen-bond acceptors (Lipinski definition) is 2. The molecule has 0 radical (unpaired) electrons. The van der Waals surface area contributed by atoms with E-state index < -0.39 is 0 Å². The highest BCUT2D eigenvalue weighted by molar-refractivity contribution is 5.49. The molecule has 0 amide bonds. The fourth-order valence-corrected chi connectivity index (χ4v) is 2.73. The molecule has 1 N–H and O–H groups in total. The fraction of sp³-hybridized carbons (Fsp3) is 0.462. The van der Waals surface area contributed by atoms with E-state index in [4.69, 9.17) is 0 Å². The fourth-order valence-electron chi connectivity index (χ4n) is 2.73. The predicted molar refractivity (Wildman–Crippen MR) is 61.4 cm³/mol. The van der Waals surface area contributed by atoms with E-state index in [-0.39, 0.29) is 0 Å². The summed E-state index contributed by atoms with van der Waals surface area (Å²) in [4.78, 5) is 4.35. The molecule has 0 aromatic carbocycles. The molecule has 1 aromatic heterocycles. The molecular formula is C13H16N2. The Morgan fingerprint density at radius 1 is 1.20 bits per heavy atom. The SMILES string of the molecule is C(=C1CC2CCC(C1)N2)c1ccccn1. The van der Waals surface area contributed by atoms with Crippen LogP contribution in [0, 0.1) is 0 Å². The zero-order chi connectivity index (χ0) is 10.1. The Morgan fingerprint density at radius 2 is 2.00 bits per heavy atom. The van der Waals surface area contributed by atoms with Crippen molar-refractivity contribution in [3.05, 3.63) is 35.7 Å². The van der Waals surface area contributed by atoms with Crippen LogP contribution >= 0.6 is 0 Å². The van der Waals surface area contributed by atoms with Gasteiger partial charge in [0.05, 0.1) is 5.69 Å². The molecule has 3 heterocycles. The number of nitrogens with one attached hydrogen (secondary N) is 1. The first-order chi connectivity index (χ1) is 7.40. The zero-order valence-electron chi connectivity index (χ0n) is 8.82. The standard InChI is InChI=1S/C13H16N2/c1-2-6-14-11(3-1)7-10-8-12-4-5-13(9-10)15-12/h1-3,6-7,12-13,15H,4-5,8-9H2. The lowest BCUT2D eigenvalue weighted by Crippen LogP contribution is -2.34. The highest BCUT2D eigenvalue weighted by Gasteiger charge is 2.29. The lowest BCUT2D eigenvalue weighted by atomic mass is 9.98. The number of nitrogens with zero attached hydrogens (tertiary/aromatic N) is 1. The number of aromatic nitrogens is 1. The lowest BCUT2D eigenvalue weighted by Gasteiger charge is -2.23. The molecular weight excluding hydrogens is 184 g/mol. The van der Waals surface area contributed by atoms with Gasteiger partial charge in [-0.2, -0.15) is 0 Å². The molecule has 2 atom stereocenters. The number of piperidine rings is 1. The lowest BCUT2D eigenvalue weighted by molar-refractivity contribution is 0.476. The van der Waals surface area contributed by atoms with Crippen molar-refractivity contribution in [3.63, 3.8) is 0 Å². The molecule has 1 aromatic rings. The Bertz CT molecular complexity index is 355. The van der Waals surface area contributed by atoms with Gasteiger partial charge in [-0.15, -0.1) is 0 Å². The molecule has 0 saturated carbocycles. The number of rotatable bonds is 1. The second-order valence-electron chi connectivity index (χ2n) is 4.60. The zero-order valence-corrected chi connectivity index (χ0v) is 8.82. The minimum absolute atomic E-state index is 0.735. The largest absolute Gasteiger partial charge is 0.311 e. The first kappa shape index (κ1) is 9.10. The summed E-state index contributed by atoms with van der Waals surface area (Å²) >= 11 is 0. The summed E-state index contributed by atoms with van der Waals surface area (Å²) in [7, 11) is 0. The van der Waals surface area contributed by atoms with Gasteiger partial charge in [0, 0.05) is 18.3 Å². The van der Waals surface area contributed by atoms with Gasteiger partial charge in [-0.1, -0.05) is 11.6 Å². The molecule has 2 unspecified atom stereocenters. The second kappa shape index (κ2) is 3.78. The van der Waals surface area contributed by atoms with Crippen molar-refractivity contribution in [2.24, 2.45) is 0 Å². The van der Waals surface area contributed by atoms with Gasteiger partial charge in [0.15, 0.2) is 0 Å². The summed E-state index contributed by atoms with van der Waals surface area (Å²) in [6.07, 6.45) is 9.27. The van der Waals surface area contributed by atoms with Gasteiger partial charge in [-0.05, 0) is 43.9 Å². The average molecular weight is 200 g/mol. The first-order valence-electron chi connectivity index (χ1n) is 5.77. The summed E-state index contributed by atoms with van der Waals surface area (Å²) in [6, 6.07) is 7.57. The second-order valence-corrected chi connectivity index (χ2v) is 4.60. The highest BCUT2D eigenvalue weighted by atomic mass is 15.0. The molecule has 2 saturated heterocycles. The predicted octanol–water partition coefficient (Wildman–Crippen LogP) is 2.38. The summed E-state index contributed by atoms with van der Waals surface area (Å²) in [6.45, 7) is 0. The van der Waals surface area contributed by atoms with Crippen LogP contribution in [0.1, 0.15) is 31.4 Å². The number of hydrogen-bond donors (Lipinski definition) is 1. The van der Waals surface area contributed by atoms with Gasteiger partial charge in [0.1, 0.15) is 0 Å². The van der Waals surface area contributed by atoms with E-state index in [1.807, 2.05) is 12.3 Å². The number of pyridine rings is 1. The van der Waals surface area contributed by atoms with Gasteiger partial charge in [0.2, 0.25) is 0 Å². The maximum Gasteiger partial charge on any atom is 0.0629 e. The van der Waals surface area contributed by atoms with E-state index in [1.54, 1.807) is 5.57 Å². The molecule has 2 heteroatoms. The van der Waals surface area contributed by atoms with Crippen molar-refractivity contribution in [2.75, 3.05) is 0 Å². The van der Waals surface area contributed by atoms with E-state index in [0.717, 1.165) is 17.8 Å². The van der Waals surface area contributed by atoms with Crippen molar-refractivity contribution in [3.8, 4) is 0 Å². The monoisotopic (exact) mass is 200 g/mol. The van der Waals surface area contributed by atoms with Crippen LogP contribution < -0.4 is 5.32 Å². The van der Waals surface area contributed by atoms with Gasteiger partial charge in [-0.3, -0.25) is 4.98 Å². The number of fused-ring (bicyclic) bond motifs is 2. The maximum absolute atomic E-state index is 4.35. The third-order valence-electron chi connectivity index (χ3n) is 3.39. The van der Waals surface area contributed by atoms with Crippen LogP contribution in [0.2, 0.25) is 0 Å². The van der Waals surface area contributed by atoms with Crippen LogP contribution in [0.25, 0.3) is 6.08 Å². The van der Waals surface area contributed by atoms with E-state index in [0.29, 0.717) is 0 Å². The van der Waals surface area contributed by atoms with Gasteiger partial charge >= 0.3 is 0 Å². The Balaban J connectivity index is 1.80. The van der Waals surface area contributed by atoms with E-state index in [2.05, 4.69) is 28.5 Å². The Morgan fingerprint density at radius 3 is 2.67 bits per heavy atom. The molecule has 2 aliphatic heterocycles. The summed E-state index contributed by atoms with van der Waals surface area (Å²) in [5, 5.41) is 3.64. The minimum atomic E-state index is 0.735. The van der Waals surface area contributed by atoms with Crippen LogP contribution in [0.5, 0.6) is 0 Å². The first-order valence-corrected chi connectivity index (χ1v) is 5.77. The van der Waals surface area contributed by atoms with E-state index >= 15 is 0 Å². The maximum atomic E-state index is 4.35. The molecule has 3 rings (SSSR count). The van der Waals surface area contributed by atoms with Crippen LogP contribution in [-0.2, 0) is 0 Å². The van der Waals surface area contributed by atoms with Crippen LogP contribution in [0.4, 0.5) is 0 Å². The average Bonchev–Trinajstić information content (AvgIpc) is 2.60. The van der Waals surface area contributed by atoms with Crippen molar-refractivity contribution < 1.29 is 0 Å². The third kappa shape index (κ3) is 1.95. The molecule has 2 nitrogen and oxygen atoms in total. The third-order valence-corrected chi connectivity index (χ3v) is 3.39. The van der Waals surface area contributed by atoms with Crippen molar-refractivity contribution >= 4 is 6.08 Å². The Labute approximate surface area is 90.4 Å². The Kier molecular flexibility index (Phi) is 2.29. The van der Waals surface area contributed by atoms with Gasteiger partial charge < -0.3 is 5.32 Å². The van der Waals surface area contributed by atoms with Crippen molar-refractivity contribution in [2.45, 2.75) is 37.8 Å². The molecule has 78 valence electrons. The highest BCUT2D eigenvalue weighted by Crippen LogP contribution is 2.31. The van der Waals surface area contributed by atoms with Crippen LogP contribution in [0.3, 0.4) is 0 Å². The molecule has 0 spiro atoms. The smallest absolute Gasteiger partial charge is 0.0629 e. The summed E-state index contributed by atoms with van der Waals surface area (Å²) < 4.78 is 0. The quantitative estimate of drug-likeness (QED) is 0.753.